The fourth-order valence-corrected chi connectivity index (χ4v) is 2.04. The van der Waals surface area contributed by atoms with Gasteiger partial charge < -0.3 is 15.4 Å². The molecule has 4 nitrogen and oxygen atoms in total. The van der Waals surface area contributed by atoms with Gasteiger partial charge in [-0.2, -0.15) is 0 Å². The Hall–Kier alpha value is -1.53. The third kappa shape index (κ3) is 3.27. The highest BCUT2D eigenvalue weighted by molar-refractivity contribution is 5.81. The second-order valence-electron chi connectivity index (χ2n) is 4.43. The van der Waals surface area contributed by atoms with Crippen molar-refractivity contribution in [2.24, 2.45) is 0 Å². The molecule has 2 atom stereocenters. The number of benzene rings is 1. The summed E-state index contributed by atoms with van der Waals surface area (Å²) in [6, 6.07) is 2.87. The van der Waals surface area contributed by atoms with Crippen molar-refractivity contribution in [2.75, 3.05) is 19.7 Å². The number of carbonyl (C=O) groups is 1. The Labute approximate surface area is 110 Å². The van der Waals surface area contributed by atoms with Gasteiger partial charge in [-0.25, -0.2) is 8.78 Å². The first-order chi connectivity index (χ1) is 9.09. The topological polar surface area (TPSA) is 50.4 Å². The molecule has 2 rings (SSSR count). The zero-order valence-electron chi connectivity index (χ0n) is 10.6. The van der Waals surface area contributed by atoms with Crippen molar-refractivity contribution in [3.05, 3.63) is 35.4 Å². The van der Waals surface area contributed by atoms with E-state index in [4.69, 9.17) is 4.74 Å². The fraction of sp³-hybridized carbons (Fsp3) is 0.462. The van der Waals surface area contributed by atoms with Crippen LogP contribution in [0.5, 0.6) is 0 Å². The van der Waals surface area contributed by atoms with Crippen LogP contribution in [-0.4, -0.2) is 31.7 Å². The number of nitrogens with one attached hydrogen (secondary N) is 2. The highest BCUT2D eigenvalue weighted by Gasteiger charge is 2.25. The molecular weight excluding hydrogens is 254 g/mol. The number of hydrogen-bond acceptors (Lipinski definition) is 3. The highest BCUT2D eigenvalue weighted by Crippen LogP contribution is 2.20. The summed E-state index contributed by atoms with van der Waals surface area (Å²) in [5.41, 5.74) is -0.139. The van der Waals surface area contributed by atoms with E-state index < -0.39 is 23.8 Å². The summed E-state index contributed by atoms with van der Waals surface area (Å²) < 4.78 is 32.4. The Bertz CT molecular complexity index is 442. The van der Waals surface area contributed by atoms with Crippen LogP contribution in [0.25, 0.3) is 0 Å². The van der Waals surface area contributed by atoms with Gasteiger partial charge in [0, 0.05) is 18.7 Å². The first-order valence-electron chi connectivity index (χ1n) is 6.16. The predicted octanol–water partition coefficient (Wildman–Crippen LogP) is 1.13. The van der Waals surface area contributed by atoms with Gasteiger partial charge >= 0.3 is 0 Å². The lowest BCUT2D eigenvalue weighted by atomic mass is 10.1. The van der Waals surface area contributed by atoms with E-state index in [1.165, 1.54) is 25.1 Å². The molecule has 0 saturated carbocycles. The smallest absolute Gasteiger partial charge is 0.250 e. The maximum atomic E-state index is 13.6. The Kier molecular flexibility index (Phi) is 4.44. The molecule has 2 N–H and O–H groups in total. The highest BCUT2D eigenvalue weighted by atomic mass is 19.1. The molecule has 0 aromatic heterocycles. The standard InChI is InChI=1S/C13H16F2N2O2/c1-8(12-9(14)3-2-4-10(12)15)17-13(18)11-7-16-5-6-19-11/h2-4,8,11,16H,5-7H2,1H3,(H,17,18). The van der Waals surface area contributed by atoms with E-state index in [1.807, 2.05) is 0 Å². The maximum absolute atomic E-state index is 13.6. The lowest BCUT2D eigenvalue weighted by Gasteiger charge is -2.25. The van der Waals surface area contributed by atoms with Gasteiger partial charge in [0.05, 0.1) is 12.6 Å². The van der Waals surface area contributed by atoms with Gasteiger partial charge in [0.2, 0.25) is 0 Å². The average Bonchev–Trinajstić information content (AvgIpc) is 2.39. The molecule has 1 amide bonds. The van der Waals surface area contributed by atoms with Crippen LogP contribution < -0.4 is 10.6 Å². The van der Waals surface area contributed by atoms with Crippen molar-refractivity contribution in [1.82, 2.24) is 10.6 Å². The van der Waals surface area contributed by atoms with Crippen LogP contribution in [-0.2, 0) is 9.53 Å². The van der Waals surface area contributed by atoms with Gasteiger partial charge in [0.1, 0.15) is 17.7 Å². The fourth-order valence-electron chi connectivity index (χ4n) is 2.04. The molecule has 104 valence electrons. The predicted molar refractivity (Wildman–Crippen MR) is 65.5 cm³/mol. The average molecular weight is 270 g/mol. The van der Waals surface area contributed by atoms with Gasteiger partial charge in [-0.05, 0) is 19.1 Å². The van der Waals surface area contributed by atoms with Crippen molar-refractivity contribution in [3.8, 4) is 0 Å². The Balaban J connectivity index is 2.04. The lowest BCUT2D eigenvalue weighted by Crippen LogP contribution is -2.48. The summed E-state index contributed by atoms with van der Waals surface area (Å²) in [5, 5.41) is 5.58. The lowest BCUT2D eigenvalue weighted by molar-refractivity contribution is -0.134. The van der Waals surface area contributed by atoms with Crippen LogP contribution in [0.15, 0.2) is 18.2 Å². The molecule has 0 aliphatic carbocycles. The zero-order valence-corrected chi connectivity index (χ0v) is 10.6. The SMILES string of the molecule is CC(NC(=O)C1CNCCO1)c1c(F)cccc1F. The van der Waals surface area contributed by atoms with Crippen LogP contribution >= 0.6 is 0 Å². The molecule has 1 fully saturated rings. The third-order valence-corrected chi connectivity index (χ3v) is 3.01. The number of rotatable bonds is 3. The van der Waals surface area contributed by atoms with Crippen LogP contribution in [0.2, 0.25) is 0 Å². The normalized spacial score (nSPS) is 20.9. The molecule has 1 aliphatic heterocycles. The van der Waals surface area contributed by atoms with E-state index in [0.717, 1.165) is 0 Å². The van der Waals surface area contributed by atoms with Gasteiger partial charge in [0.25, 0.3) is 5.91 Å². The van der Waals surface area contributed by atoms with Crippen molar-refractivity contribution < 1.29 is 18.3 Å². The summed E-state index contributed by atoms with van der Waals surface area (Å²) in [6.07, 6.45) is -0.619. The molecule has 0 radical (unpaired) electrons. The summed E-state index contributed by atoms with van der Waals surface area (Å²) in [4.78, 5) is 11.9. The summed E-state index contributed by atoms with van der Waals surface area (Å²) >= 11 is 0. The molecule has 2 unspecified atom stereocenters. The molecule has 19 heavy (non-hydrogen) atoms. The number of halogens is 2. The van der Waals surface area contributed by atoms with Crippen molar-refractivity contribution in [1.29, 1.82) is 0 Å². The largest absolute Gasteiger partial charge is 0.366 e. The first kappa shape index (κ1) is 13.9. The summed E-state index contributed by atoms with van der Waals surface area (Å²) in [6.45, 7) is 3.08. The Morgan fingerprint density at radius 1 is 1.47 bits per heavy atom. The molecule has 0 spiro atoms. The van der Waals surface area contributed by atoms with E-state index in [1.54, 1.807) is 0 Å². The molecule has 1 aromatic carbocycles. The minimum Gasteiger partial charge on any atom is -0.366 e. The minimum atomic E-state index is -0.751. The molecule has 1 heterocycles. The molecule has 0 bridgehead atoms. The van der Waals surface area contributed by atoms with Gasteiger partial charge in [-0.3, -0.25) is 4.79 Å². The monoisotopic (exact) mass is 270 g/mol. The van der Waals surface area contributed by atoms with E-state index in [-0.39, 0.29) is 11.5 Å². The molecule has 1 saturated heterocycles. The van der Waals surface area contributed by atoms with Crippen molar-refractivity contribution in [3.63, 3.8) is 0 Å². The van der Waals surface area contributed by atoms with Gasteiger partial charge in [-0.15, -0.1) is 0 Å². The van der Waals surface area contributed by atoms with Gasteiger partial charge in [-0.1, -0.05) is 6.07 Å². The summed E-state index contributed by atoms with van der Waals surface area (Å²) in [7, 11) is 0. The third-order valence-electron chi connectivity index (χ3n) is 3.01. The number of amides is 1. The number of ether oxygens (including phenoxy) is 1. The molecular formula is C13H16F2N2O2. The van der Waals surface area contributed by atoms with E-state index in [9.17, 15) is 13.6 Å². The van der Waals surface area contributed by atoms with Crippen LogP contribution in [0.1, 0.15) is 18.5 Å². The zero-order chi connectivity index (χ0) is 13.8. The van der Waals surface area contributed by atoms with E-state index in [2.05, 4.69) is 10.6 Å². The van der Waals surface area contributed by atoms with E-state index in [0.29, 0.717) is 19.7 Å². The van der Waals surface area contributed by atoms with Crippen LogP contribution in [0.3, 0.4) is 0 Å². The van der Waals surface area contributed by atoms with Crippen molar-refractivity contribution in [2.45, 2.75) is 19.1 Å². The Morgan fingerprint density at radius 2 is 2.16 bits per heavy atom. The second-order valence-corrected chi connectivity index (χ2v) is 4.43. The molecule has 6 heteroatoms. The quantitative estimate of drug-likeness (QED) is 0.865. The molecule has 1 aliphatic rings. The number of morpholine rings is 1. The van der Waals surface area contributed by atoms with Gasteiger partial charge in [0.15, 0.2) is 0 Å². The second kappa shape index (κ2) is 6.08. The maximum Gasteiger partial charge on any atom is 0.250 e. The van der Waals surface area contributed by atoms with Crippen LogP contribution in [0.4, 0.5) is 8.78 Å². The van der Waals surface area contributed by atoms with E-state index >= 15 is 0 Å². The number of hydrogen-bond donors (Lipinski definition) is 2. The van der Waals surface area contributed by atoms with Crippen LogP contribution in [0, 0.1) is 11.6 Å². The Morgan fingerprint density at radius 3 is 2.74 bits per heavy atom. The first-order valence-corrected chi connectivity index (χ1v) is 6.16. The minimum absolute atomic E-state index is 0.139. The summed E-state index contributed by atoms with van der Waals surface area (Å²) in [5.74, 6) is -1.71. The number of carbonyl (C=O) groups excluding carboxylic acids is 1. The van der Waals surface area contributed by atoms with Crippen molar-refractivity contribution >= 4 is 5.91 Å². The molecule has 1 aromatic rings.